The maximum absolute atomic E-state index is 5.00. The van der Waals surface area contributed by atoms with Crippen LogP contribution in [0, 0.1) is 0 Å². The molecule has 0 amide bonds. The fourth-order valence-corrected chi connectivity index (χ4v) is 1.43. The van der Waals surface area contributed by atoms with E-state index in [2.05, 4.69) is 27.3 Å². The first-order chi connectivity index (χ1) is 8.33. The Morgan fingerprint density at radius 1 is 1.35 bits per heavy atom. The molecule has 6 nitrogen and oxygen atoms in total. The summed E-state index contributed by atoms with van der Waals surface area (Å²) in [5, 5.41) is 7.32. The summed E-state index contributed by atoms with van der Waals surface area (Å²) in [6, 6.07) is 1.89. The van der Waals surface area contributed by atoms with Gasteiger partial charge in [-0.15, -0.1) is 0 Å². The average molecular weight is 233 g/mol. The Morgan fingerprint density at radius 3 is 2.76 bits per heavy atom. The maximum Gasteiger partial charge on any atom is 0.228 e. The summed E-state index contributed by atoms with van der Waals surface area (Å²) < 4.78 is 6.88. The van der Waals surface area contributed by atoms with E-state index in [1.807, 2.05) is 10.7 Å². The van der Waals surface area contributed by atoms with Crippen molar-refractivity contribution in [2.24, 2.45) is 0 Å². The van der Waals surface area contributed by atoms with Gasteiger partial charge >= 0.3 is 0 Å². The molecule has 90 valence electrons. The molecule has 0 saturated heterocycles. The Balaban J connectivity index is 2.10. The topological polar surface area (TPSA) is 64.9 Å². The van der Waals surface area contributed by atoms with Crippen molar-refractivity contribution in [2.45, 2.75) is 19.9 Å². The van der Waals surface area contributed by atoms with Crippen LogP contribution in [-0.2, 0) is 6.54 Å². The summed E-state index contributed by atoms with van der Waals surface area (Å²) >= 11 is 0. The molecular weight excluding hydrogens is 218 g/mol. The van der Waals surface area contributed by atoms with Crippen molar-refractivity contribution in [2.75, 3.05) is 12.4 Å². The molecule has 2 heterocycles. The molecule has 1 N–H and O–H groups in total. The van der Waals surface area contributed by atoms with Gasteiger partial charge in [-0.05, 0) is 6.42 Å². The van der Waals surface area contributed by atoms with Gasteiger partial charge in [-0.25, -0.2) is 14.6 Å². The first kappa shape index (κ1) is 11.4. The van der Waals surface area contributed by atoms with Crippen molar-refractivity contribution in [3.8, 4) is 5.75 Å². The number of anilines is 2. The molecule has 17 heavy (non-hydrogen) atoms. The van der Waals surface area contributed by atoms with E-state index in [1.165, 1.54) is 0 Å². The van der Waals surface area contributed by atoms with Crippen molar-refractivity contribution < 1.29 is 4.74 Å². The molecule has 0 atom stereocenters. The molecule has 2 aromatic heterocycles. The second kappa shape index (κ2) is 5.29. The average Bonchev–Trinajstić information content (AvgIpc) is 2.78. The molecule has 2 aromatic rings. The molecule has 0 bridgehead atoms. The molecule has 0 fully saturated rings. The Morgan fingerprint density at radius 2 is 2.12 bits per heavy atom. The maximum atomic E-state index is 5.00. The largest absolute Gasteiger partial charge is 0.494 e. The minimum absolute atomic E-state index is 0.531. The zero-order chi connectivity index (χ0) is 12.1. The van der Waals surface area contributed by atoms with Gasteiger partial charge in [0.25, 0.3) is 0 Å². The highest BCUT2D eigenvalue weighted by Gasteiger charge is 2.03. The van der Waals surface area contributed by atoms with Crippen LogP contribution in [0.1, 0.15) is 13.3 Å². The summed E-state index contributed by atoms with van der Waals surface area (Å²) in [5.74, 6) is 2.05. The third-order valence-electron chi connectivity index (χ3n) is 2.26. The van der Waals surface area contributed by atoms with Crippen LogP contribution >= 0.6 is 0 Å². The molecule has 0 spiro atoms. The van der Waals surface area contributed by atoms with Crippen LogP contribution in [0.25, 0.3) is 0 Å². The van der Waals surface area contributed by atoms with Crippen molar-refractivity contribution in [1.29, 1.82) is 0 Å². The smallest absolute Gasteiger partial charge is 0.228 e. The number of hydrogen-bond acceptors (Lipinski definition) is 5. The summed E-state index contributed by atoms with van der Waals surface area (Å²) in [7, 11) is 1.59. The molecule has 6 heteroatoms. The Labute approximate surface area is 99.7 Å². The lowest BCUT2D eigenvalue weighted by molar-refractivity contribution is 0.411. The highest BCUT2D eigenvalue weighted by molar-refractivity contribution is 5.47. The lowest BCUT2D eigenvalue weighted by Gasteiger charge is -2.07. The van der Waals surface area contributed by atoms with E-state index in [0.717, 1.165) is 18.8 Å². The summed E-state index contributed by atoms with van der Waals surface area (Å²) in [6.07, 6.45) is 6.02. The van der Waals surface area contributed by atoms with Crippen LogP contribution in [0.5, 0.6) is 5.75 Å². The molecule has 2 rings (SSSR count). The third-order valence-corrected chi connectivity index (χ3v) is 2.26. The van der Waals surface area contributed by atoms with E-state index < -0.39 is 0 Å². The van der Waals surface area contributed by atoms with Crippen molar-refractivity contribution in [3.63, 3.8) is 0 Å². The quantitative estimate of drug-likeness (QED) is 0.853. The van der Waals surface area contributed by atoms with Crippen molar-refractivity contribution in [3.05, 3.63) is 24.7 Å². The predicted octanol–water partition coefficient (Wildman–Crippen LogP) is 1.84. The number of methoxy groups -OCH3 is 1. The predicted molar refractivity (Wildman–Crippen MR) is 64.4 cm³/mol. The molecule has 0 radical (unpaired) electrons. The zero-order valence-corrected chi connectivity index (χ0v) is 9.92. The Kier molecular flexibility index (Phi) is 3.54. The van der Waals surface area contributed by atoms with Gasteiger partial charge in [-0.2, -0.15) is 5.10 Å². The fourth-order valence-electron chi connectivity index (χ4n) is 1.43. The summed E-state index contributed by atoms with van der Waals surface area (Å²) in [6.45, 7) is 2.97. The van der Waals surface area contributed by atoms with E-state index in [4.69, 9.17) is 4.74 Å². The van der Waals surface area contributed by atoms with E-state index in [1.54, 1.807) is 25.7 Å². The Hall–Kier alpha value is -2.11. The van der Waals surface area contributed by atoms with Gasteiger partial charge in [0.15, 0.2) is 5.75 Å². The highest BCUT2D eigenvalue weighted by atomic mass is 16.5. The molecule has 0 aliphatic carbocycles. The molecule has 0 aromatic carbocycles. The second-order valence-corrected chi connectivity index (χ2v) is 3.51. The van der Waals surface area contributed by atoms with Gasteiger partial charge < -0.3 is 10.1 Å². The first-order valence-corrected chi connectivity index (χ1v) is 5.48. The standard InChI is InChI=1S/C11H15N5O/c1-3-6-16-10(4-5-14-16)15-11-12-7-9(17-2)8-13-11/h4-5,7-8H,3,6H2,1-2H3,(H,12,13,15). The van der Waals surface area contributed by atoms with Crippen molar-refractivity contribution >= 4 is 11.8 Å². The third kappa shape index (κ3) is 2.72. The number of rotatable bonds is 5. The van der Waals surface area contributed by atoms with Gasteiger partial charge in [0.2, 0.25) is 5.95 Å². The SMILES string of the molecule is CCCn1nccc1Nc1ncc(OC)cn1. The number of aromatic nitrogens is 4. The summed E-state index contributed by atoms with van der Waals surface area (Å²) in [5.41, 5.74) is 0. The summed E-state index contributed by atoms with van der Waals surface area (Å²) in [4.78, 5) is 8.27. The molecule has 0 saturated carbocycles. The van der Waals surface area contributed by atoms with Gasteiger partial charge in [0.05, 0.1) is 25.7 Å². The molecular formula is C11H15N5O. The second-order valence-electron chi connectivity index (χ2n) is 3.51. The number of nitrogens with zero attached hydrogens (tertiary/aromatic N) is 4. The normalized spacial score (nSPS) is 10.2. The zero-order valence-electron chi connectivity index (χ0n) is 9.92. The fraction of sp³-hybridized carbons (Fsp3) is 0.364. The van der Waals surface area contributed by atoms with Gasteiger partial charge in [-0.1, -0.05) is 6.92 Å². The van der Waals surface area contributed by atoms with Gasteiger partial charge in [0.1, 0.15) is 5.82 Å². The highest BCUT2D eigenvalue weighted by Crippen LogP contribution is 2.14. The minimum atomic E-state index is 0.531. The van der Waals surface area contributed by atoms with Gasteiger partial charge in [-0.3, -0.25) is 0 Å². The van der Waals surface area contributed by atoms with Crippen LogP contribution in [0.15, 0.2) is 24.7 Å². The Bertz CT molecular complexity index is 465. The molecule has 0 aliphatic heterocycles. The van der Waals surface area contributed by atoms with Gasteiger partial charge in [0, 0.05) is 12.6 Å². The van der Waals surface area contributed by atoms with E-state index in [0.29, 0.717) is 11.7 Å². The van der Waals surface area contributed by atoms with E-state index in [9.17, 15) is 0 Å². The van der Waals surface area contributed by atoms with Crippen molar-refractivity contribution in [1.82, 2.24) is 19.7 Å². The number of hydrogen-bond donors (Lipinski definition) is 1. The molecule has 0 unspecified atom stereocenters. The van der Waals surface area contributed by atoms with E-state index >= 15 is 0 Å². The van der Waals surface area contributed by atoms with Crippen LogP contribution in [-0.4, -0.2) is 26.9 Å². The van der Waals surface area contributed by atoms with Crippen LogP contribution in [0.3, 0.4) is 0 Å². The van der Waals surface area contributed by atoms with Crippen LogP contribution in [0.4, 0.5) is 11.8 Å². The van der Waals surface area contributed by atoms with Crippen LogP contribution < -0.4 is 10.1 Å². The monoisotopic (exact) mass is 233 g/mol. The van der Waals surface area contributed by atoms with E-state index in [-0.39, 0.29) is 0 Å². The lowest BCUT2D eigenvalue weighted by atomic mass is 10.5. The molecule has 0 aliphatic rings. The number of nitrogens with one attached hydrogen (secondary N) is 1. The number of aryl methyl sites for hydroxylation is 1. The number of ether oxygens (including phenoxy) is 1. The van der Waals surface area contributed by atoms with Crippen LogP contribution in [0.2, 0.25) is 0 Å². The lowest BCUT2D eigenvalue weighted by Crippen LogP contribution is -2.06. The first-order valence-electron chi connectivity index (χ1n) is 5.48. The minimum Gasteiger partial charge on any atom is -0.494 e.